The molecule has 1 aliphatic heterocycles. The highest BCUT2D eigenvalue weighted by molar-refractivity contribution is 7.13. The van der Waals surface area contributed by atoms with Crippen LogP contribution in [0.5, 0.6) is 0 Å². The van der Waals surface area contributed by atoms with Gasteiger partial charge < -0.3 is 9.88 Å². The van der Waals surface area contributed by atoms with Crippen molar-refractivity contribution in [1.29, 1.82) is 0 Å². The number of carbonyl (C=O) groups is 1. The van der Waals surface area contributed by atoms with Crippen molar-refractivity contribution in [2.24, 2.45) is 7.05 Å². The quantitative estimate of drug-likeness (QED) is 0.787. The molecule has 0 aromatic carbocycles. The van der Waals surface area contributed by atoms with Crippen LogP contribution < -0.4 is 5.32 Å². The largest absolute Gasteiger partial charge is 0.346 e. The van der Waals surface area contributed by atoms with E-state index in [1.165, 1.54) is 11.3 Å². The van der Waals surface area contributed by atoms with Gasteiger partial charge in [0.1, 0.15) is 16.5 Å². The maximum Gasteiger partial charge on any atom is 0.271 e. The van der Waals surface area contributed by atoms with Crippen molar-refractivity contribution in [3.8, 4) is 10.6 Å². The van der Waals surface area contributed by atoms with E-state index in [1.54, 1.807) is 16.3 Å². The summed E-state index contributed by atoms with van der Waals surface area (Å²) >= 11 is 1.46. The van der Waals surface area contributed by atoms with Gasteiger partial charge >= 0.3 is 0 Å². The van der Waals surface area contributed by atoms with Crippen LogP contribution in [0.1, 0.15) is 28.4 Å². The van der Waals surface area contributed by atoms with Gasteiger partial charge in [0.2, 0.25) is 0 Å². The Hall–Kier alpha value is -2.48. The van der Waals surface area contributed by atoms with Gasteiger partial charge in [-0.3, -0.25) is 9.48 Å². The first-order valence-electron chi connectivity index (χ1n) is 7.86. The predicted molar refractivity (Wildman–Crippen MR) is 90.9 cm³/mol. The molecule has 24 heavy (non-hydrogen) atoms. The van der Waals surface area contributed by atoms with Crippen LogP contribution in [-0.2, 0) is 20.0 Å². The number of thiazole rings is 1. The Morgan fingerprint density at radius 1 is 1.38 bits per heavy atom. The normalized spacial score (nSPS) is 16.8. The predicted octanol–water partition coefficient (Wildman–Crippen LogP) is 1.79. The molecule has 0 saturated carbocycles. The number of hydrogen-bond acceptors (Lipinski definition) is 5. The smallest absolute Gasteiger partial charge is 0.271 e. The van der Waals surface area contributed by atoms with Crippen LogP contribution in [0, 0.1) is 6.92 Å². The lowest BCUT2D eigenvalue weighted by Crippen LogP contribution is -2.41. The molecule has 1 amide bonds. The number of fused-ring (bicyclic) bond motifs is 1. The van der Waals surface area contributed by atoms with Crippen LogP contribution in [-0.4, -0.2) is 36.3 Å². The Balaban J connectivity index is 1.44. The molecule has 0 aliphatic carbocycles. The van der Waals surface area contributed by atoms with E-state index in [9.17, 15) is 4.79 Å². The highest BCUT2D eigenvalue weighted by Gasteiger charge is 2.22. The zero-order valence-electron chi connectivity index (χ0n) is 13.6. The molecule has 8 heteroatoms. The third-order valence-electron chi connectivity index (χ3n) is 4.14. The number of aromatic nitrogens is 5. The molecule has 1 atom stereocenters. The topological polar surface area (TPSA) is 77.6 Å². The number of rotatable bonds is 3. The second kappa shape index (κ2) is 5.86. The summed E-state index contributed by atoms with van der Waals surface area (Å²) < 4.78 is 3.86. The van der Waals surface area contributed by atoms with Crippen LogP contribution in [0.3, 0.4) is 0 Å². The summed E-state index contributed by atoms with van der Waals surface area (Å²) in [6.45, 7) is 2.76. The van der Waals surface area contributed by atoms with E-state index in [1.807, 2.05) is 26.4 Å². The summed E-state index contributed by atoms with van der Waals surface area (Å²) in [7, 11) is 1.86. The number of aryl methyl sites for hydroxylation is 3. The minimum Gasteiger partial charge on any atom is -0.346 e. The van der Waals surface area contributed by atoms with Crippen molar-refractivity contribution < 1.29 is 4.79 Å². The fraction of sp³-hybridized carbons (Fsp3) is 0.375. The van der Waals surface area contributed by atoms with E-state index in [0.29, 0.717) is 5.69 Å². The van der Waals surface area contributed by atoms with Crippen molar-refractivity contribution in [2.75, 3.05) is 0 Å². The molecule has 4 rings (SSSR count). The van der Waals surface area contributed by atoms with Gasteiger partial charge in [-0.05, 0) is 13.3 Å². The highest BCUT2D eigenvalue weighted by Crippen LogP contribution is 2.23. The average Bonchev–Trinajstić information content (AvgIpc) is 3.24. The molecule has 0 unspecified atom stereocenters. The fourth-order valence-electron chi connectivity index (χ4n) is 3.01. The number of nitrogens with one attached hydrogen (secondary N) is 1. The number of amides is 1. The van der Waals surface area contributed by atoms with Crippen molar-refractivity contribution in [2.45, 2.75) is 32.4 Å². The van der Waals surface area contributed by atoms with Crippen LogP contribution in [0.4, 0.5) is 0 Å². The molecule has 7 nitrogen and oxygen atoms in total. The third-order valence-corrected chi connectivity index (χ3v) is 5.03. The first-order valence-corrected chi connectivity index (χ1v) is 8.74. The van der Waals surface area contributed by atoms with Crippen molar-refractivity contribution in [1.82, 2.24) is 29.6 Å². The Morgan fingerprint density at radius 2 is 2.25 bits per heavy atom. The minimum absolute atomic E-state index is 0.113. The van der Waals surface area contributed by atoms with Gasteiger partial charge in [-0.25, -0.2) is 9.97 Å². The SMILES string of the molecule is Cc1cn2c(n1)CC[C@H](NC(=O)c1csc(-c3cnn(C)c3)n1)C2. The summed E-state index contributed by atoms with van der Waals surface area (Å²) in [4.78, 5) is 21.4. The van der Waals surface area contributed by atoms with E-state index >= 15 is 0 Å². The maximum atomic E-state index is 12.5. The Kier molecular flexibility index (Phi) is 3.68. The maximum absolute atomic E-state index is 12.5. The zero-order chi connectivity index (χ0) is 16.7. The molecule has 1 aliphatic rings. The van der Waals surface area contributed by atoms with E-state index < -0.39 is 0 Å². The first-order chi connectivity index (χ1) is 11.6. The molecule has 124 valence electrons. The monoisotopic (exact) mass is 342 g/mol. The van der Waals surface area contributed by atoms with Crippen molar-refractivity contribution >= 4 is 17.2 Å². The molecule has 0 radical (unpaired) electrons. The fourth-order valence-corrected chi connectivity index (χ4v) is 3.78. The lowest BCUT2D eigenvalue weighted by molar-refractivity contribution is 0.0923. The Morgan fingerprint density at radius 3 is 3.04 bits per heavy atom. The number of imidazole rings is 1. The van der Waals surface area contributed by atoms with Crippen molar-refractivity contribution in [3.05, 3.63) is 41.2 Å². The second-order valence-corrected chi connectivity index (χ2v) is 6.96. The minimum atomic E-state index is -0.119. The number of nitrogens with zero attached hydrogens (tertiary/aromatic N) is 5. The summed E-state index contributed by atoms with van der Waals surface area (Å²) in [5, 5.41) is 9.84. The first kappa shape index (κ1) is 15.1. The van der Waals surface area contributed by atoms with E-state index in [0.717, 1.165) is 41.5 Å². The lowest BCUT2D eigenvalue weighted by Gasteiger charge is -2.24. The third kappa shape index (κ3) is 2.84. The van der Waals surface area contributed by atoms with E-state index in [4.69, 9.17) is 0 Å². The van der Waals surface area contributed by atoms with Crippen LogP contribution in [0.25, 0.3) is 10.6 Å². The summed E-state index contributed by atoms with van der Waals surface area (Å²) in [6.07, 6.45) is 7.48. The summed E-state index contributed by atoms with van der Waals surface area (Å²) in [5.41, 5.74) is 2.42. The van der Waals surface area contributed by atoms with Gasteiger partial charge in [0, 0.05) is 49.4 Å². The van der Waals surface area contributed by atoms with Gasteiger partial charge in [0.05, 0.1) is 11.9 Å². The van der Waals surface area contributed by atoms with Gasteiger partial charge in [-0.1, -0.05) is 0 Å². The molecule has 3 aromatic heterocycles. The van der Waals surface area contributed by atoms with Gasteiger partial charge in [-0.2, -0.15) is 5.10 Å². The molecule has 0 bridgehead atoms. The molecule has 3 aromatic rings. The second-order valence-electron chi connectivity index (χ2n) is 6.10. The number of hydrogen-bond donors (Lipinski definition) is 1. The Bertz CT molecular complexity index is 892. The summed E-state index contributed by atoms with van der Waals surface area (Å²) in [6, 6.07) is 0.113. The molecule has 4 heterocycles. The summed E-state index contributed by atoms with van der Waals surface area (Å²) in [5.74, 6) is 0.984. The molecule has 0 saturated heterocycles. The molecule has 0 fully saturated rings. The average molecular weight is 342 g/mol. The van der Waals surface area contributed by atoms with Crippen LogP contribution in [0.15, 0.2) is 24.0 Å². The number of carbonyl (C=O) groups excluding carboxylic acids is 1. The van der Waals surface area contributed by atoms with E-state index in [2.05, 4.69) is 25.0 Å². The lowest BCUT2D eigenvalue weighted by atomic mass is 10.1. The standard InChI is InChI=1S/C16H18N6OS/c1-10-6-22-8-12(3-4-14(22)18-10)19-15(23)13-9-24-16(20-13)11-5-17-21(2)7-11/h5-7,9,12H,3-4,8H2,1-2H3,(H,19,23)/t12-/m0/s1. The Labute approximate surface area is 143 Å². The molecular weight excluding hydrogens is 324 g/mol. The van der Waals surface area contributed by atoms with Gasteiger partial charge in [0.15, 0.2) is 0 Å². The molecular formula is C16H18N6OS. The van der Waals surface area contributed by atoms with E-state index in [-0.39, 0.29) is 11.9 Å². The highest BCUT2D eigenvalue weighted by atomic mass is 32.1. The van der Waals surface area contributed by atoms with Gasteiger partial charge in [-0.15, -0.1) is 11.3 Å². The molecule has 1 N–H and O–H groups in total. The van der Waals surface area contributed by atoms with Crippen molar-refractivity contribution in [3.63, 3.8) is 0 Å². The zero-order valence-corrected chi connectivity index (χ0v) is 14.4. The molecule has 0 spiro atoms. The van der Waals surface area contributed by atoms with Crippen LogP contribution >= 0.6 is 11.3 Å². The van der Waals surface area contributed by atoms with Crippen LogP contribution in [0.2, 0.25) is 0 Å². The van der Waals surface area contributed by atoms with Gasteiger partial charge in [0.25, 0.3) is 5.91 Å².